The van der Waals surface area contributed by atoms with Crippen LogP contribution in [-0.4, -0.2) is 36.9 Å². The van der Waals surface area contributed by atoms with Gasteiger partial charge in [0.15, 0.2) is 0 Å². The highest BCUT2D eigenvalue weighted by Crippen LogP contribution is 2.17. The van der Waals surface area contributed by atoms with Crippen molar-refractivity contribution in [1.29, 1.82) is 0 Å². The van der Waals surface area contributed by atoms with Crippen molar-refractivity contribution in [3.8, 4) is 0 Å². The van der Waals surface area contributed by atoms with Crippen LogP contribution in [0, 0.1) is 17.4 Å². The van der Waals surface area contributed by atoms with Gasteiger partial charge in [-0.05, 0) is 73.3 Å². The average molecular weight is 451 g/mol. The van der Waals surface area contributed by atoms with E-state index in [0.29, 0.717) is 0 Å². The number of carbonyl (C=O) groups is 2. The minimum Gasteiger partial charge on any atom is -0.325 e. The van der Waals surface area contributed by atoms with Crippen molar-refractivity contribution < 1.29 is 9.59 Å². The molecule has 0 saturated carbocycles. The van der Waals surface area contributed by atoms with Crippen molar-refractivity contribution in [2.45, 2.75) is 13.8 Å². The molecule has 6 heteroatoms. The van der Waals surface area contributed by atoms with Crippen LogP contribution in [0.2, 0.25) is 0 Å². The molecule has 0 atom stereocenters. The van der Waals surface area contributed by atoms with E-state index in [1.807, 2.05) is 56.3 Å². The molecule has 0 fully saturated rings. The summed E-state index contributed by atoms with van der Waals surface area (Å²) in [6.07, 6.45) is 0. The minimum atomic E-state index is -0.149. The first-order valence-electron chi connectivity index (χ1n) is 7.94. The SMILES string of the molecule is Cc1ccc(NC(=O)CN(C)CC(=O)Nc2ccc(C)c(I)c2)cc1. The third kappa shape index (κ3) is 6.47. The van der Waals surface area contributed by atoms with E-state index in [4.69, 9.17) is 0 Å². The highest BCUT2D eigenvalue weighted by Gasteiger charge is 2.11. The highest BCUT2D eigenvalue weighted by atomic mass is 127. The van der Waals surface area contributed by atoms with Crippen molar-refractivity contribution in [3.63, 3.8) is 0 Å². The van der Waals surface area contributed by atoms with Crippen LogP contribution in [0.3, 0.4) is 0 Å². The quantitative estimate of drug-likeness (QED) is 0.662. The average Bonchev–Trinajstić information content (AvgIpc) is 2.52. The molecule has 25 heavy (non-hydrogen) atoms. The smallest absolute Gasteiger partial charge is 0.238 e. The zero-order valence-electron chi connectivity index (χ0n) is 14.6. The largest absolute Gasteiger partial charge is 0.325 e. The predicted octanol–water partition coefficient (Wildman–Crippen LogP) is 3.42. The Kier molecular flexibility index (Phi) is 6.95. The number of rotatable bonds is 6. The second-order valence-corrected chi connectivity index (χ2v) is 7.26. The predicted molar refractivity (Wildman–Crippen MR) is 110 cm³/mol. The molecule has 0 radical (unpaired) electrons. The summed E-state index contributed by atoms with van der Waals surface area (Å²) in [5.74, 6) is -0.297. The first kappa shape index (κ1) is 19.4. The molecule has 5 nitrogen and oxygen atoms in total. The van der Waals surface area contributed by atoms with Crippen molar-refractivity contribution in [3.05, 3.63) is 57.2 Å². The summed E-state index contributed by atoms with van der Waals surface area (Å²) in [5, 5.41) is 5.68. The van der Waals surface area contributed by atoms with Crippen LogP contribution in [0.15, 0.2) is 42.5 Å². The lowest BCUT2D eigenvalue weighted by molar-refractivity contribution is -0.119. The van der Waals surface area contributed by atoms with Gasteiger partial charge in [-0.3, -0.25) is 14.5 Å². The molecule has 0 aliphatic carbocycles. The van der Waals surface area contributed by atoms with Crippen molar-refractivity contribution in [1.82, 2.24) is 4.90 Å². The number of halogens is 1. The van der Waals surface area contributed by atoms with Gasteiger partial charge >= 0.3 is 0 Å². The summed E-state index contributed by atoms with van der Waals surface area (Å²) in [7, 11) is 1.74. The van der Waals surface area contributed by atoms with Gasteiger partial charge in [-0.1, -0.05) is 23.8 Å². The Morgan fingerprint density at radius 3 is 2.00 bits per heavy atom. The maximum absolute atomic E-state index is 12.1. The third-order valence-electron chi connectivity index (χ3n) is 3.62. The maximum atomic E-state index is 12.1. The van der Waals surface area contributed by atoms with E-state index >= 15 is 0 Å². The van der Waals surface area contributed by atoms with Gasteiger partial charge in [-0.25, -0.2) is 0 Å². The van der Waals surface area contributed by atoms with Crippen LogP contribution in [-0.2, 0) is 9.59 Å². The normalized spacial score (nSPS) is 10.6. The standard InChI is InChI=1S/C19H22IN3O2/c1-13-4-7-15(8-5-13)21-18(24)11-23(3)12-19(25)22-16-9-6-14(2)17(20)10-16/h4-10H,11-12H2,1-3H3,(H,21,24)(H,22,25). The summed E-state index contributed by atoms with van der Waals surface area (Å²) in [6, 6.07) is 13.4. The van der Waals surface area contributed by atoms with Gasteiger partial charge in [-0.15, -0.1) is 0 Å². The number of anilines is 2. The van der Waals surface area contributed by atoms with Gasteiger partial charge in [0, 0.05) is 14.9 Å². The highest BCUT2D eigenvalue weighted by molar-refractivity contribution is 14.1. The van der Waals surface area contributed by atoms with Gasteiger partial charge < -0.3 is 10.6 Å². The number of benzene rings is 2. The molecule has 0 bridgehead atoms. The number of aryl methyl sites for hydroxylation is 2. The number of likely N-dealkylation sites (N-methyl/N-ethyl adjacent to an activating group) is 1. The topological polar surface area (TPSA) is 61.4 Å². The van der Waals surface area contributed by atoms with Gasteiger partial charge in [0.2, 0.25) is 11.8 Å². The second kappa shape index (κ2) is 8.96. The summed E-state index contributed by atoms with van der Waals surface area (Å²) >= 11 is 2.24. The molecule has 0 heterocycles. The third-order valence-corrected chi connectivity index (χ3v) is 4.78. The maximum Gasteiger partial charge on any atom is 0.238 e. The van der Waals surface area contributed by atoms with Gasteiger partial charge in [0.1, 0.15) is 0 Å². The Hall–Kier alpha value is -1.93. The lowest BCUT2D eigenvalue weighted by Gasteiger charge is -2.16. The number of carbonyl (C=O) groups excluding carboxylic acids is 2. The summed E-state index contributed by atoms with van der Waals surface area (Å²) in [4.78, 5) is 25.8. The van der Waals surface area contributed by atoms with Gasteiger partial charge in [0.25, 0.3) is 0 Å². The number of hydrogen-bond donors (Lipinski definition) is 2. The molecule has 132 valence electrons. The summed E-state index contributed by atoms with van der Waals surface area (Å²) in [6.45, 7) is 4.30. The molecular formula is C19H22IN3O2. The molecule has 0 spiro atoms. The Bertz CT molecular complexity index is 760. The Labute approximate surface area is 161 Å². The van der Waals surface area contributed by atoms with Crippen LogP contribution in [0.5, 0.6) is 0 Å². The Balaban J connectivity index is 1.81. The van der Waals surface area contributed by atoms with E-state index in [0.717, 1.165) is 20.5 Å². The molecule has 0 aromatic heterocycles. The van der Waals surface area contributed by atoms with E-state index in [2.05, 4.69) is 33.2 Å². The van der Waals surface area contributed by atoms with E-state index in [9.17, 15) is 9.59 Å². The molecule has 0 saturated heterocycles. The van der Waals surface area contributed by atoms with Crippen LogP contribution in [0.1, 0.15) is 11.1 Å². The van der Waals surface area contributed by atoms with E-state index in [-0.39, 0.29) is 24.9 Å². The molecule has 2 aromatic carbocycles. The number of nitrogens with one attached hydrogen (secondary N) is 2. The fourth-order valence-corrected chi connectivity index (χ4v) is 2.77. The van der Waals surface area contributed by atoms with E-state index < -0.39 is 0 Å². The molecule has 0 unspecified atom stereocenters. The fraction of sp³-hybridized carbons (Fsp3) is 0.263. The monoisotopic (exact) mass is 451 g/mol. The van der Waals surface area contributed by atoms with E-state index in [1.165, 1.54) is 5.56 Å². The molecule has 2 amide bonds. The molecule has 2 rings (SSSR count). The zero-order valence-corrected chi connectivity index (χ0v) is 16.8. The van der Waals surface area contributed by atoms with Gasteiger partial charge in [-0.2, -0.15) is 0 Å². The Morgan fingerprint density at radius 2 is 1.44 bits per heavy atom. The molecule has 0 aliphatic rings. The molecule has 0 aliphatic heterocycles. The van der Waals surface area contributed by atoms with Crippen LogP contribution in [0.25, 0.3) is 0 Å². The zero-order chi connectivity index (χ0) is 18.4. The van der Waals surface area contributed by atoms with Crippen LogP contribution < -0.4 is 10.6 Å². The van der Waals surface area contributed by atoms with Crippen molar-refractivity contribution in [2.75, 3.05) is 30.8 Å². The lowest BCUT2D eigenvalue weighted by atomic mass is 10.2. The van der Waals surface area contributed by atoms with Crippen molar-refractivity contribution >= 4 is 45.8 Å². The first-order valence-corrected chi connectivity index (χ1v) is 9.02. The Morgan fingerprint density at radius 1 is 0.920 bits per heavy atom. The number of nitrogens with zero attached hydrogens (tertiary/aromatic N) is 1. The first-order chi connectivity index (χ1) is 11.8. The lowest BCUT2D eigenvalue weighted by Crippen LogP contribution is -2.36. The number of hydrogen-bond acceptors (Lipinski definition) is 3. The number of amides is 2. The molecule has 2 N–H and O–H groups in total. The molecule has 2 aromatic rings. The summed E-state index contributed by atoms with van der Waals surface area (Å²) in [5.41, 5.74) is 3.82. The second-order valence-electron chi connectivity index (χ2n) is 6.10. The minimum absolute atomic E-state index is 0.145. The van der Waals surface area contributed by atoms with Gasteiger partial charge in [0.05, 0.1) is 13.1 Å². The van der Waals surface area contributed by atoms with Crippen molar-refractivity contribution in [2.24, 2.45) is 0 Å². The van der Waals surface area contributed by atoms with Crippen LogP contribution >= 0.6 is 22.6 Å². The van der Waals surface area contributed by atoms with E-state index in [1.54, 1.807) is 11.9 Å². The fourth-order valence-electron chi connectivity index (χ4n) is 2.25. The molecular weight excluding hydrogens is 429 g/mol. The van der Waals surface area contributed by atoms with Crippen LogP contribution in [0.4, 0.5) is 11.4 Å². The summed E-state index contributed by atoms with van der Waals surface area (Å²) < 4.78 is 1.10.